The van der Waals surface area contributed by atoms with Gasteiger partial charge in [0.15, 0.2) is 0 Å². The molecular formula is C6H10Cl2N2O2Zr. The molecule has 0 unspecified atom stereocenters. The van der Waals surface area contributed by atoms with E-state index < -0.39 is 20.8 Å². The summed E-state index contributed by atoms with van der Waals surface area (Å²) in [7, 11) is 9.87. The SMILES string of the molecule is N#CCCO.N#CCCO.[Cl][Zr][Cl]. The molecule has 13 heavy (non-hydrogen) atoms. The van der Waals surface area contributed by atoms with Crippen LogP contribution in [-0.4, -0.2) is 23.4 Å². The standard InChI is InChI=1S/2C3H5NO.2ClH.Zr/c2*4-2-1-3-5;;;/h2*5H,1,3H2;2*1H;/q;;;;+2/p-2. The zero-order chi connectivity index (χ0) is 10.9. The summed E-state index contributed by atoms with van der Waals surface area (Å²) in [5.74, 6) is 0. The summed E-state index contributed by atoms with van der Waals surface area (Å²) in [5, 5.41) is 31.0. The van der Waals surface area contributed by atoms with Gasteiger partial charge in [0.1, 0.15) is 0 Å². The number of hydrogen-bond donors (Lipinski definition) is 2. The molecule has 0 saturated heterocycles. The average molecular weight is 304 g/mol. The van der Waals surface area contributed by atoms with Gasteiger partial charge in [0, 0.05) is 0 Å². The third-order valence-electron chi connectivity index (χ3n) is 0.447. The van der Waals surface area contributed by atoms with Crippen LogP contribution in [0.1, 0.15) is 12.8 Å². The van der Waals surface area contributed by atoms with Crippen LogP contribution in [0.15, 0.2) is 0 Å². The molecule has 0 aromatic carbocycles. The Bertz CT molecular complexity index is 131. The molecule has 4 nitrogen and oxygen atoms in total. The van der Waals surface area contributed by atoms with Crippen molar-refractivity contribution in [3.05, 3.63) is 0 Å². The molecule has 0 aromatic heterocycles. The molecule has 0 amide bonds. The van der Waals surface area contributed by atoms with Crippen molar-refractivity contribution in [3.63, 3.8) is 0 Å². The van der Waals surface area contributed by atoms with E-state index in [1.54, 1.807) is 12.1 Å². The Morgan fingerprint density at radius 1 is 1.00 bits per heavy atom. The molecule has 0 aliphatic carbocycles. The van der Waals surface area contributed by atoms with Gasteiger partial charge in [0.25, 0.3) is 0 Å². The maximum absolute atomic E-state index is 7.84. The first-order chi connectivity index (χ1) is 6.24. The average Bonchev–Trinajstić information content (AvgIpc) is 2.09. The van der Waals surface area contributed by atoms with Crippen molar-refractivity contribution in [2.45, 2.75) is 12.8 Å². The number of halogens is 2. The summed E-state index contributed by atoms with van der Waals surface area (Å²) < 4.78 is 0. The van der Waals surface area contributed by atoms with Crippen LogP contribution in [0.25, 0.3) is 0 Å². The predicted octanol–water partition coefficient (Wildman–Crippen LogP) is 1.16. The van der Waals surface area contributed by atoms with Gasteiger partial charge >= 0.3 is 37.9 Å². The first-order valence-electron chi connectivity index (χ1n) is 3.16. The van der Waals surface area contributed by atoms with Gasteiger partial charge in [0.05, 0.1) is 38.2 Å². The third kappa shape index (κ3) is 69.7. The van der Waals surface area contributed by atoms with Crippen LogP contribution in [0.4, 0.5) is 0 Å². The van der Waals surface area contributed by atoms with E-state index in [0.29, 0.717) is 0 Å². The minimum atomic E-state index is -0.826. The van der Waals surface area contributed by atoms with Gasteiger partial charge in [-0.3, -0.25) is 0 Å². The second kappa shape index (κ2) is 29.4. The molecule has 0 rings (SSSR count). The molecular weight excluding hydrogens is 294 g/mol. The van der Waals surface area contributed by atoms with E-state index in [1.807, 2.05) is 0 Å². The molecule has 2 N–H and O–H groups in total. The molecule has 74 valence electrons. The second-order valence-electron chi connectivity index (χ2n) is 1.33. The Morgan fingerprint density at radius 3 is 1.23 bits per heavy atom. The Morgan fingerprint density at radius 2 is 1.23 bits per heavy atom. The van der Waals surface area contributed by atoms with Crippen molar-refractivity contribution < 1.29 is 31.1 Å². The molecule has 0 atom stereocenters. The van der Waals surface area contributed by atoms with E-state index in [0.717, 1.165) is 0 Å². The summed E-state index contributed by atoms with van der Waals surface area (Å²) >= 11 is -0.826. The first-order valence-corrected chi connectivity index (χ1v) is 9.49. The maximum atomic E-state index is 7.84. The topological polar surface area (TPSA) is 88.0 Å². The van der Waals surface area contributed by atoms with Gasteiger partial charge in [-0.25, -0.2) is 0 Å². The third-order valence-corrected chi connectivity index (χ3v) is 0.447. The van der Waals surface area contributed by atoms with Crippen LogP contribution in [0.2, 0.25) is 0 Å². The number of nitrogens with zero attached hydrogens (tertiary/aromatic N) is 2. The Hall–Kier alpha value is 0.363. The van der Waals surface area contributed by atoms with Crippen LogP contribution in [-0.2, 0) is 20.8 Å². The molecule has 0 aliphatic heterocycles. The molecule has 0 bridgehead atoms. The zero-order valence-electron chi connectivity index (χ0n) is 6.87. The fourth-order valence-corrected chi connectivity index (χ4v) is 0.1000. The van der Waals surface area contributed by atoms with Gasteiger partial charge < -0.3 is 10.2 Å². The molecule has 0 aliphatic rings. The molecule has 0 fully saturated rings. The Kier molecular flexibility index (Phi) is 43.1. The van der Waals surface area contributed by atoms with E-state index >= 15 is 0 Å². The number of nitriles is 2. The van der Waals surface area contributed by atoms with Crippen molar-refractivity contribution in [3.8, 4) is 12.1 Å². The molecule has 0 saturated carbocycles. The predicted molar refractivity (Wildman–Crippen MR) is 46.3 cm³/mol. The number of rotatable bonds is 2. The number of aliphatic hydroxyl groups is 2. The van der Waals surface area contributed by atoms with Crippen LogP contribution < -0.4 is 0 Å². The van der Waals surface area contributed by atoms with Gasteiger partial charge in [0.2, 0.25) is 0 Å². The summed E-state index contributed by atoms with van der Waals surface area (Å²) in [4.78, 5) is 0. The number of hydrogen-bond acceptors (Lipinski definition) is 4. The van der Waals surface area contributed by atoms with Crippen LogP contribution >= 0.6 is 17.0 Å². The Labute approximate surface area is 96.4 Å². The van der Waals surface area contributed by atoms with Crippen molar-refractivity contribution in [2.75, 3.05) is 13.2 Å². The summed E-state index contributed by atoms with van der Waals surface area (Å²) in [6, 6.07) is 3.53. The second-order valence-corrected chi connectivity index (χ2v) is 5.07. The van der Waals surface area contributed by atoms with E-state index in [-0.39, 0.29) is 26.1 Å². The van der Waals surface area contributed by atoms with Gasteiger partial charge in [-0.05, 0) is 0 Å². The number of aliphatic hydroxyl groups excluding tert-OH is 2. The van der Waals surface area contributed by atoms with Crippen LogP contribution in [0, 0.1) is 22.7 Å². The van der Waals surface area contributed by atoms with Crippen molar-refractivity contribution in [1.29, 1.82) is 10.5 Å². The monoisotopic (exact) mass is 302 g/mol. The van der Waals surface area contributed by atoms with Crippen molar-refractivity contribution in [1.82, 2.24) is 0 Å². The van der Waals surface area contributed by atoms with E-state index in [4.69, 9.17) is 37.8 Å². The fourth-order valence-electron chi connectivity index (χ4n) is 0.1000. The summed E-state index contributed by atoms with van der Waals surface area (Å²) in [6.45, 7) is -0.0347. The Balaban J connectivity index is -0.000000120. The minimum absolute atomic E-state index is 0.0174. The zero-order valence-corrected chi connectivity index (χ0v) is 10.8. The molecule has 7 heteroatoms. The molecule has 0 heterocycles. The summed E-state index contributed by atoms with van der Waals surface area (Å²) in [6.07, 6.45) is 0.500. The van der Waals surface area contributed by atoms with Crippen molar-refractivity contribution >= 4 is 17.0 Å². The van der Waals surface area contributed by atoms with Gasteiger partial charge in [-0.1, -0.05) is 0 Å². The van der Waals surface area contributed by atoms with Crippen LogP contribution in [0.3, 0.4) is 0 Å². The quantitative estimate of drug-likeness (QED) is 0.801. The van der Waals surface area contributed by atoms with E-state index in [2.05, 4.69) is 0 Å². The molecule has 0 aromatic rings. The van der Waals surface area contributed by atoms with Crippen LogP contribution in [0.5, 0.6) is 0 Å². The molecule has 0 spiro atoms. The van der Waals surface area contributed by atoms with Gasteiger partial charge in [-0.15, -0.1) is 0 Å². The molecule has 0 radical (unpaired) electrons. The first kappa shape index (κ1) is 19.0. The van der Waals surface area contributed by atoms with Crippen molar-refractivity contribution in [2.24, 2.45) is 0 Å². The van der Waals surface area contributed by atoms with E-state index in [9.17, 15) is 0 Å². The summed E-state index contributed by atoms with van der Waals surface area (Å²) in [5.41, 5.74) is 0. The van der Waals surface area contributed by atoms with Gasteiger partial charge in [-0.2, -0.15) is 10.5 Å². The van der Waals surface area contributed by atoms with E-state index in [1.165, 1.54) is 0 Å². The fraction of sp³-hybridized carbons (Fsp3) is 0.667. The normalized spacial score (nSPS) is 6.00.